The van der Waals surface area contributed by atoms with Gasteiger partial charge in [-0.05, 0) is 68.7 Å². The Labute approximate surface area is 245 Å². The van der Waals surface area contributed by atoms with Gasteiger partial charge < -0.3 is 34.2 Å². The van der Waals surface area contributed by atoms with Gasteiger partial charge in [-0.1, -0.05) is 0 Å². The number of anilines is 3. The first-order chi connectivity index (χ1) is 20.5. The van der Waals surface area contributed by atoms with E-state index in [2.05, 4.69) is 20.5 Å². The lowest BCUT2D eigenvalue weighted by Crippen LogP contribution is -2.39. The van der Waals surface area contributed by atoms with E-state index < -0.39 is 0 Å². The molecule has 0 atom stereocenters. The number of halogens is 1. The van der Waals surface area contributed by atoms with Gasteiger partial charge in [0.15, 0.2) is 5.76 Å². The fourth-order valence-corrected chi connectivity index (χ4v) is 4.94. The molecule has 2 aromatic heterocycles. The third kappa shape index (κ3) is 6.91. The van der Waals surface area contributed by atoms with Gasteiger partial charge in [0.1, 0.15) is 41.4 Å². The zero-order valence-corrected chi connectivity index (χ0v) is 24.4. The fraction of sp³-hybridized carbons (Fsp3) is 0.387. The zero-order valence-electron chi connectivity index (χ0n) is 24.4. The Morgan fingerprint density at radius 3 is 2.45 bits per heavy atom. The second-order valence-electron chi connectivity index (χ2n) is 10.0. The fourth-order valence-electron chi connectivity index (χ4n) is 4.94. The lowest BCUT2D eigenvalue weighted by Gasteiger charge is -2.31. The lowest BCUT2D eigenvalue weighted by molar-refractivity contribution is 0.0963. The Balaban J connectivity index is 1.35. The number of piperidine rings is 1. The SMILES string of the molecule is CCNc1nc(-c2cc(OC)cc(OC)c2)c(-c2ccnc(Nc3ccc(OC4CCN(CCF)CC4)c(C)c3)n2)o1. The van der Waals surface area contributed by atoms with Crippen LogP contribution in [0.25, 0.3) is 22.7 Å². The van der Waals surface area contributed by atoms with E-state index in [4.69, 9.17) is 28.6 Å². The Hall–Kier alpha value is -4.38. The van der Waals surface area contributed by atoms with Crippen molar-refractivity contribution in [2.75, 3.05) is 57.7 Å². The number of hydrogen-bond donors (Lipinski definition) is 2. The smallest absolute Gasteiger partial charge is 0.295 e. The molecule has 2 N–H and O–H groups in total. The van der Waals surface area contributed by atoms with Crippen LogP contribution in [0.3, 0.4) is 0 Å². The lowest BCUT2D eigenvalue weighted by atomic mass is 10.1. The minimum atomic E-state index is -0.306. The van der Waals surface area contributed by atoms with Gasteiger partial charge in [-0.2, -0.15) is 4.98 Å². The number of nitrogens with one attached hydrogen (secondary N) is 2. The minimum Gasteiger partial charge on any atom is -0.497 e. The first-order valence-electron chi connectivity index (χ1n) is 14.1. The van der Waals surface area contributed by atoms with Crippen molar-refractivity contribution in [1.29, 1.82) is 0 Å². The van der Waals surface area contributed by atoms with Gasteiger partial charge >= 0.3 is 0 Å². The highest BCUT2D eigenvalue weighted by atomic mass is 19.1. The van der Waals surface area contributed by atoms with Gasteiger partial charge in [0.25, 0.3) is 6.01 Å². The van der Waals surface area contributed by atoms with Crippen LogP contribution in [0.5, 0.6) is 17.2 Å². The number of aromatic nitrogens is 3. The molecule has 0 amide bonds. The quantitative estimate of drug-likeness (QED) is 0.205. The van der Waals surface area contributed by atoms with Crippen molar-refractivity contribution in [3.63, 3.8) is 0 Å². The molecule has 0 radical (unpaired) electrons. The summed E-state index contributed by atoms with van der Waals surface area (Å²) in [6.07, 6.45) is 3.59. The summed E-state index contributed by atoms with van der Waals surface area (Å²) in [5, 5.41) is 6.43. The van der Waals surface area contributed by atoms with Crippen molar-refractivity contribution in [2.24, 2.45) is 0 Å². The maximum Gasteiger partial charge on any atom is 0.295 e. The van der Waals surface area contributed by atoms with E-state index in [1.807, 2.05) is 44.2 Å². The van der Waals surface area contributed by atoms with Crippen molar-refractivity contribution in [1.82, 2.24) is 19.9 Å². The van der Waals surface area contributed by atoms with E-state index in [0.29, 0.717) is 53.7 Å². The Morgan fingerprint density at radius 2 is 1.79 bits per heavy atom. The maximum atomic E-state index is 12.6. The Kier molecular flexibility index (Phi) is 9.38. The van der Waals surface area contributed by atoms with Crippen molar-refractivity contribution in [3.8, 4) is 40.0 Å². The van der Waals surface area contributed by atoms with Gasteiger partial charge in [0, 0.05) is 49.7 Å². The van der Waals surface area contributed by atoms with Crippen molar-refractivity contribution < 1.29 is 23.0 Å². The molecule has 0 spiro atoms. The number of methoxy groups -OCH3 is 2. The number of hydrogen-bond acceptors (Lipinski definition) is 10. The summed E-state index contributed by atoms with van der Waals surface area (Å²) in [4.78, 5) is 16.0. The predicted octanol–water partition coefficient (Wildman–Crippen LogP) is 6.11. The van der Waals surface area contributed by atoms with E-state index >= 15 is 0 Å². The molecule has 5 rings (SSSR count). The molecule has 0 saturated carbocycles. The number of rotatable bonds is 12. The summed E-state index contributed by atoms with van der Waals surface area (Å²) in [6.45, 7) is 6.54. The van der Waals surface area contributed by atoms with Gasteiger partial charge in [0.2, 0.25) is 5.95 Å². The molecule has 1 aliphatic rings. The summed E-state index contributed by atoms with van der Waals surface area (Å²) >= 11 is 0. The highest BCUT2D eigenvalue weighted by molar-refractivity contribution is 5.78. The van der Waals surface area contributed by atoms with Gasteiger partial charge in [-0.15, -0.1) is 0 Å². The normalized spacial score (nSPS) is 14.0. The summed E-state index contributed by atoms with van der Waals surface area (Å²) in [6, 6.07) is 13.6. The predicted molar refractivity (Wildman–Crippen MR) is 161 cm³/mol. The van der Waals surface area contributed by atoms with E-state index in [0.717, 1.165) is 48.5 Å². The zero-order chi connectivity index (χ0) is 29.5. The van der Waals surface area contributed by atoms with Crippen LogP contribution in [0.4, 0.5) is 22.0 Å². The monoisotopic (exact) mass is 576 g/mol. The number of ether oxygens (including phenoxy) is 3. The topological polar surface area (TPSA) is 107 Å². The van der Waals surface area contributed by atoms with E-state index in [1.165, 1.54) is 0 Å². The maximum absolute atomic E-state index is 12.6. The molecule has 1 saturated heterocycles. The summed E-state index contributed by atoms with van der Waals surface area (Å²) in [5.74, 6) is 3.02. The van der Waals surface area contributed by atoms with Crippen LogP contribution in [-0.4, -0.2) is 73.0 Å². The van der Waals surface area contributed by atoms with E-state index in [9.17, 15) is 4.39 Å². The molecular weight excluding hydrogens is 539 g/mol. The van der Waals surface area contributed by atoms with Gasteiger partial charge in [-0.25, -0.2) is 14.4 Å². The number of oxazole rings is 1. The van der Waals surface area contributed by atoms with Crippen molar-refractivity contribution in [2.45, 2.75) is 32.8 Å². The number of aryl methyl sites for hydroxylation is 1. The van der Waals surface area contributed by atoms with Crippen LogP contribution >= 0.6 is 0 Å². The van der Waals surface area contributed by atoms with Gasteiger partial charge in [0.05, 0.1) is 14.2 Å². The Bertz CT molecular complexity index is 1470. The molecule has 10 nitrogen and oxygen atoms in total. The van der Waals surface area contributed by atoms with Crippen LogP contribution in [0.2, 0.25) is 0 Å². The average molecular weight is 577 g/mol. The summed E-state index contributed by atoms with van der Waals surface area (Å²) < 4.78 is 36.0. The Morgan fingerprint density at radius 1 is 1.02 bits per heavy atom. The standard InChI is InChI=1S/C31H37FN6O4/c1-5-33-31-37-28(21-17-24(39-3)19-25(18-21)40-4)29(42-31)26-8-12-34-30(36-26)35-22-6-7-27(20(2)16-22)41-23-9-13-38(14-10-23)15-11-32/h6-8,12,16-19,23H,5,9-11,13-15H2,1-4H3,(H,33,37)(H,34,35,36). The number of alkyl halides is 1. The molecule has 222 valence electrons. The molecule has 0 unspecified atom stereocenters. The first-order valence-corrected chi connectivity index (χ1v) is 14.1. The number of nitrogens with zero attached hydrogens (tertiary/aromatic N) is 4. The summed E-state index contributed by atoms with van der Waals surface area (Å²) in [7, 11) is 3.21. The molecule has 2 aromatic carbocycles. The average Bonchev–Trinajstić information content (AvgIpc) is 3.44. The summed E-state index contributed by atoms with van der Waals surface area (Å²) in [5.41, 5.74) is 3.76. The molecule has 0 bridgehead atoms. The first kappa shape index (κ1) is 29.1. The molecule has 42 heavy (non-hydrogen) atoms. The molecule has 4 aromatic rings. The van der Waals surface area contributed by atoms with Crippen LogP contribution in [0.1, 0.15) is 25.3 Å². The van der Waals surface area contributed by atoms with Crippen LogP contribution in [0.15, 0.2) is 53.1 Å². The highest BCUT2D eigenvalue weighted by Crippen LogP contribution is 2.37. The number of likely N-dealkylation sites (tertiary alicyclic amines) is 1. The number of benzene rings is 2. The van der Waals surface area contributed by atoms with Crippen LogP contribution < -0.4 is 24.8 Å². The van der Waals surface area contributed by atoms with Crippen LogP contribution in [-0.2, 0) is 0 Å². The van der Waals surface area contributed by atoms with Gasteiger partial charge in [-0.3, -0.25) is 0 Å². The second kappa shape index (κ2) is 13.5. The third-order valence-corrected chi connectivity index (χ3v) is 7.13. The third-order valence-electron chi connectivity index (χ3n) is 7.13. The highest BCUT2D eigenvalue weighted by Gasteiger charge is 2.22. The van der Waals surface area contributed by atoms with Crippen LogP contribution in [0, 0.1) is 6.92 Å². The molecule has 3 heterocycles. The van der Waals surface area contributed by atoms with Crippen molar-refractivity contribution >= 4 is 17.7 Å². The molecule has 1 fully saturated rings. The molecule has 0 aliphatic carbocycles. The largest absolute Gasteiger partial charge is 0.497 e. The molecule has 11 heteroatoms. The molecular formula is C31H37FN6O4. The minimum absolute atomic E-state index is 0.131. The second-order valence-corrected chi connectivity index (χ2v) is 10.0. The van der Waals surface area contributed by atoms with Crippen molar-refractivity contribution in [3.05, 3.63) is 54.2 Å². The van der Waals surface area contributed by atoms with E-state index in [1.54, 1.807) is 32.5 Å². The molecule has 1 aliphatic heterocycles. The van der Waals surface area contributed by atoms with E-state index in [-0.39, 0.29) is 12.8 Å².